The summed E-state index contributed by atoms with van der Waals surface area (Å²) in [5.41, 5.74) is 0.271. The Morgan fingerprint density at radius 2 is 1.90 bits per heavy atom. The summed E-state index contributed by atoms with van der Waals surface area (Å²) in [6.07, 6.45) is 1.03. The lowest BCUT2D eigenvalue weighted by Crippen LogP contribution is -2.20. The number of rotatable bonds is 4. The molecule has 0 amide bonds. The second-order valence-electron chi connectivity index (χ2n) is 6.62. The van der Waals surface area contributed by atoms with E-state index in [1.54, 1.807) is 35.7 Å². The van der Waals surface area contributed by atoms with Crippen LogP contribution in [0, 0.1) is 0 Å². The van der Waals surface area contributed by atoms with Gasteiger partial charge in [-0.15, -0.1) is 10.2 Å². The van der Waals surface area contributed by atoms with Gasteiger partial charge in [0, 0.05) is 13.3 Å². The van der Waals surface area contributed by atoms with E-state index in [1.165, 1.54) is 22.8 Å². The van der Waals surface area contributed by atoms with Crippen LogP contribution >= 0.6 is 11.6 Å². The largest absolute Gasteiger partial charge is 0.454 e. The van der Waals surface area contributed by atoms with Crippen LogP contribution in [0.25, 0.3) is 16.7 Å². The number of aromatic nitrogens is 4. The number of halogens is 1. The summed E-state index contributed by atoms with van der Waals surface area (Å²) in [7, 11) is -1.95. The van der Waals surface area contributed by atoms with Gasteiger partial charge in [-0.2, -0.15) is 0 Å². The number of para-hydroxylation sites is 1. The maximum Gasteiger partial charge on any atom is 0.340 e. The topological polar surface area (TPSA) is 113 Å². The van der Waals surface area contributed by atoms with E-state index in [4.69, 9.17) is 16.3 Å². The molecule has 2 aromatic heterocycles. The van der Waals surface area contributed by atoms with Crippen LogP contribution in [0.3, 0.4) is 0 Å². The Balaban J connectivity index is 1.72. The number of esters is 1. The van der Waals surface area contributed by atoms with Gasteiger partial charge in [-0.05, 0) is 30.3 Å². The summed E-state index contributed by atoms with van der Waals surface area (Å²) in [6, 6.07) is 10.7. The first-order chi connectivity index (χ1) is 14.2. The minimum absolute atomic E-state index is 0.0484. The normalized spacial score (nSPS) is 11.8. The van der Waals surface area contributed by atoms with Crippen LogP contribution in [-0.2, 0) is 28.2 Å². The summed E-state index contributed by atoms with van der Waals surface area (Å²) >= 11 is 6.05. The third-order valence-corrected chi connectivity index (χ3v) is 6.05. The van der Waals surface area contributed by atoms with Crippen molar-refractivity contribution in [1.29, 1.82) is 0 Å². The molecule has 0 aliphatic rings. The van der Waals surface area contributed by atoms with E-state index in [2.05, 4.69) is 10.2 Å². The molecule has 0 bridgehead atoms. The molecule has 4 rings (SSSR count). The molecule has 154 valence electrons. The molecule has 2 aromatic carbocycles. The fourth-order valence-electron chi connectivity index (χ4n) is 3.08. The molecule has 0 saturated heterocycles. The van der Waals surface area contributed by atoms with Crippen LogP contribution in [0.5, 0.6) is 0 Å². The van der Waals surface area contributed by atoms with E-state index >= 15 is 0 Å². The van der Waals surface area contributed by atoms with Crippen molar-refractivity contribution in [3.63, 3.8) is 0 Å². The molecule has 0 spiro atoms. The average Bonchev–Trinajstić information content (AvgIpc) is 3.14. The van der Waals surface area contributed by atoms with E-state index < -0.39 is 15.8 Å². The Kier molecular flexibility index (Phi) is 4.83. The Labute approximate surface area is 175 Å². The summed E-state index contributed by atoms with van der Waals surface area (Å²) in [4.78, 5) is 25.0. The molecule has 4 aromatic rings. The van der Waals surface area contributed by atoms with Gasteiger partial charge >= 0.3 is 5.97 Å². The zero-order valence-electron chi connectivity index (χ0n) is 15.9. The first-order valence-corrected chi connectivity index (χ1v) is 10.9. The lowest BCUT2D eigenvalue weighted by Gasteiger charge is -2.09. The Morgan fingerprint density at radius 1 is 1.17 bits per heavy atom. The molecule has 2 heterocycles. The number of carbonyl (C=O) groups is 1. The molecule has 30 heavy (non-hydrogen) atoms. The van der Waals surface area contributed by atoms with E-state index in [-0.39, 0.29) is 27.6 Å². The van der Waals surface area contributed by atoms with Gasteiger partial charge in [0.15, 0.2) is 22.3 Å². The van der Waals surface area contributed by atoms with Crippen molar-refractivity contribution in [3.8, 4) is 0 Å². The number of sulfone groups is 1. The highest BCUT2D eigenvalue weighted by Gasteiger charge is 2.19. The van der Waals surface area contributed by atoms with Gasteiger partial charge in [0.05, 0.1) is 26.4 Å². The quantitative estimate of drug-likeness (QED) is 0.440. The Morgan fingerprint density at radius 3 is 2.63 bits per heavy atom. The van der Waals surface area contributed by atoms with Crippen LogP contribution < -0.4 is 5.56 Å². The Bertz CT molecular complexity index is 1490. The minimum atomic E-state index is -3.52. The van der Waals surface area contributed by atoms with Gasteiger partial charge in [-0.25, -0.2) is 13.2 Å². The zero-order valence-corrected chi connectivity index (χ0v) is 17.4. The van der Waals surface area contributed by atoms with Gasteiger partial charge < -0.3 is 4.74 Å². The molecule has 0 aliphatic carbocycles. The van der Waals surface area contributed by atoms with Crippen molar-refractivity contribution in [3.05, 3.63) is 69.2 Å². The van der Waals surface area contributed by atoms with E-state index in [1.807, 2.05) is 0 Å². The van der Waals surface area contributed by atoms with Gasteiger partial charge in [0.1, 0.15) is 0 Å². The number of ether oxygens (including phenoxy) is 1. The predicted octanol–water partition coefficient (Wildman–Crippen LogP) is 2.00. The molecule has 0 fully saturated rings. The number of hydrogen-bond donors (Lipinski definition) is 0. The molecule has 0 aliphatic heterocycles. The highest BCUT2D eigenvalue weighted by molar-refractivity contribution is 7.90. The summed E-state index contributed by atoms with van der Waals surface area (Å²) in [5.74, 6) is -0.223. The van der Waals surface area contributed by atoms with Crippen LogP contribution in [0.15, 0.2) is 52.2 Å². The van der Waals surface area contributed by atoms with Gasteiger partial charge in [0.2, 0.25) is 5.78 Å². The molecular weight excluding hydrogens is 432 g/mol. The van der Waals surface area contributed by atoms with E-state index in [9.17, 15) is 18.0 Å². The molecule has 0 unspecified atom stereocenters. The Hall–Kier alpha value is -3.24. The molecule has 0 saturated carbocycles. The maximum atomic E-state index is 12.5. The number of fused-ring (bicyclic) bond motifs is 3. The molecule has 11 heteroatoms. The predicted molar refractivity (Wildman–Crippen MR) is 109 cm³/mol. The summed E-state index contributed by atoms with van der Waals surface area (Å²) in [6.45, 7) is -0.262. The zero-order chi connectivity index (χ0) is 21.6. The van der Waals surface area contributed by atoms with Crippen LogP contribution in [0.4, 0.5) is 0 Å². The van der Waals surface area contributed by atoms with Crippen molar-refractivity contribution >= 4 is 44.1 Å². The van der Waals surface area contributed by atoms with Crippen molar-refractivity contribution in [1.82, 2.24) is 19.2 Å². The number of hydrogen-bond acceptors (Lipinski definition) is 7. The highest BCUT2D eigenvalue weighted by atomic mass is 35.5. The molecule has 0 radical (unpaired) electrons. The highest BCUT2D eigenvalue weighted by Crippen LogP contribution is 2.22. The number of benzene rings is 2. The minimum Gasteiger partial charge on any atom is -0.454 e. The van der Waals surface area contributed by atoms with E-state index in [0.717, 1.165) is 6.26 Å². The van der Waals surface area contributed by atoms with Crippen LogP contribution in [-0.4, -0.2) is 39.8 Å². The number of aryl methyl sites for hydroxylation is 1. The average molecular weight is 447 g/mol. The standard InChI is InChI=1S/C19H15ClN4O5S/c1-23-17(25)12-5-3-4-6-15(12)24-16(21-22-19(23)24)10-29-18(26)13-9-11(30(2,27)28)7-8-14(13)20/h3-9H,10H2,1-2H3. The number of nitrogens with zero attached hydrogens (tertiary/aromatic N) is 4. The van der Waals surface area contributed by atoms with Gasteiger partial charge in [0.25, 0.3) is 5.56 Å². The third-order valence-electron chi connectivity index (χ3n) is 4.61. The lowest BCUT2D eigenvalue weighted by atomic mass is 10.2. The first-order valence-electron chi connectivity index (χ1n) is 8.67. The first kappa shape index (κ1) is 20.0. The summed E-state index contributed by atoms with van der Waals surface area (Å²) in [5, 5.41) is 8.59. The van der Waals surface area contributed by atoms with Crippen LogP contribution in [0.1, 0.15) is 16.2 Å². The third kappa shape index (κ3) is 3.33. The van der Waals surface area contributed by atoms with Crippen molar-refractivity contribution in [2.24, 2.45) is 7.05 Å². The second kappa shape index (κ2) is 7.22. The van der Waals surface area contributed by atoms with Crippen molar-refractivity contribution in [2.45, 2.75) is 11.5 Å². The second-order valence-corrected chi connectivity index (χ2v) is 9.05. The molecule has 9 nitrogen and oxygen atoms in total. The molecule has 0 atom stereocenters. The van der Waals surface area contributed by atoms with Crippen molar-refractivity contribution in [2.75, 3.05) is 6.26 Å². The maximum absolute atomic E-state index is 12.5. The fourth-order valence-corrected chi connectivity index (χ4v) is 3.93. The number of carbonyl (C=O) groups excluding carboxylic acids is 1. The molecular formula is C19H15ClN4O5S. The van der Waals surface area contributed by atoms with Crippen LogP contribution in [0.2, 0.25) is 5.02 Å². The smallest absolute Gasteiger partial charge is 0.340 e. The fraction of sp³-hybridized carbons (Fsp3) is 0.158. The van der Waals surface area contributed by atoms with Gasteiger partial charge in [-0.1, -0.05) is 23.7 Å². The van der Waals surface area contributed by atoms with Gasteiger partial charge in [-0.3, -0.25) is 13.8 Å². The van der Waals surface area contributed by atoms with Crippen molar-refractivity contribution < 1.29 is 17.9 Å². The SMILES string of the molecule is Cn1c(=O)c2ccccc2n2c(COC(=O)c3cc(S(C)(=O)=O)ccc3Cl)nnc12. The summed E-state index contributed by atoms with van der Waals surface area (Å²) < 4.78 is 31.8. The monoisotopic (exact) mass is 446 g/mol. The lowest BCUT2D eigenvalue weighted by molar-refractivity contribution is 0.0461. The molecule has 0 N–H and O–H groups in total. The van der Waals surface area contributed by atoms with E-state index in [0.29, 0.717) is 22.5 Å².